The van der Waals surface area contributed by atoms with Crippen LogP contribution in [0.15, 0.2) is 77.2 Å². The first-order valence-electron chi connectivity index (χ1n) is 8.51. The average Bonchev–Trinajstić information content (AvgIpc) is 3.11. The lowest BCUT2D eigenvalue weighted by molar-refractivity contribution is 0.392. The van der Waals surface area contributed by atoms with E-state index in [1.54, 1.807) is 37.6 Å². The van der Waals surface area contributed by atoms with Crippen molar-refractivity contribution in [3.8, 4) is 17.3 Å². The van der Waals surface area contributed by atoms with Crippen LogP contribution in [0, 0.1) is 5.82 Å². The maximum absolute atomic E-state index is 14.4. The lowest BCUT2D eigenvalue weighted by atomic mass is 10.2. The zero-order valence-electron chi connectivity index (χ0n) is 15.0. The number of benzene rings is 2. The van der Waals surface area contributed by atoms with Crippen molar-refractivity contribution in [1.82, 2.24) is 24.7 Å². The number of ether oxygens (including phenoxy) is 1. The quantitative estimate of drug-likeness (QED) is 0.460. The van der Waals surface area contributed by atoms with E-state index in [0.29, 0.717) is 34.1 Å². The number of methoxy groups -OCH3 is 1. The van der Waals surface area contributed by atoms with Gasteiger partial charge in [0.25, 0.3) is 0 Å². The average molecular weight is 393 g/mol. The van der Waals surface area contributed by atoms with Gasteiger partial charge >= 0.3 is 0 Å². The highest BCUT2D eigenvalue weighted by molar-refractivity contribution is 7.99. The summed E-state index contributed by atoms with van der Waals surface area (Å²) in [5.41, 5.74) is 1.44. The Morgan fingerprint density at radius 1 is 1.00 bits per heavy atom. The van der Waals surface area contributed by atoms with Crippen molar-refractivity contribution in [1.29, 1.82) is 0 Å². The van der Waals surface area contributed by atoms with Gasteiger partial charge in [-0.05, 0) is 29.5 Å². The van der Waals surface area contributed by atoms with E-state index in [4.69, 9.17) is 4.74 Å². The van der Waals surface area contributed by atoms with Crippen molar-refractivity contribution in [2.45, 2.75) is 16.9 Å². The molecule has 0 saturated heterocycles. The van der Waals surface area contributed by atoms with Crippen LogP contribution in [0.25, 0.3) is 11.4 Å². The molecule has 2 aromatic carbocycles. The third-order valence-corrected chi connectivity index (χ3v) is 4.88. The predicted molar refractivity (Wildman–Crippen MR) is 104 cm³/mol. The van der Waals surface area contributed by atoms with Crippen molar-refractivity contribution in [2.75, 3.05) is 7.11 Å². The molecule has 0 spiro atoms. The van der Waals surface area contributed by atoms with Crippen molar-refractivity contribution in [3.05, 3.63) is 78.2 Å². The van der Waals surface area contributed by atoms with Crippen LogP contribution in [0.3, 0.4) is 0 Å². The molecule has 140 valence electrons. The molecule has 28 heavy (non-hydrogen) atoms. The van der Waals surface area contributed by atoms with Crippen molar-refractivity contribution in [3.63, 3.8) is 0 Å². The molecule has 0 aliphatic carbocycles. The Morgan fingerprint density at radius 3 is 2.57 bits per heavy atom. The van der Waals surface area contributed by atoms with Crippen LogP contribution in [0.4, 0.5) is 4.39 Å². The van der Waals surface area contributed by atoms with E-state index in [-0.39, 0.29) is 5.82 Å². The Kier molecular flexibility index (Phi) is 5.29. The summed E-state index contributed by atoms with van der Waals surface area (Å²) in [7, 11) is 1.55. The van der Waals surface area contributed by atoms with Gasteiger partial charge in [0.2, 0.25) is 5.88 Å². The molecule has 0 aliphatic rings. The lowest BCUT2D eigenvalue weighted by Gasteiger charge is -2.10. The zero-order valence-corrected chi connectivity index (χ0v) is 15.8. The minimum Gasteiger partial charge on any atom is -0.481 e. The fourth-order valence-electron chi connectivity index (χ4n) is 2.68. The topological polar surface area (TPSA) is 65.7 Å². The summed E-state index contributed by atoms with van der Waals surface area (Å²) in [4.78, 5) is 8.56. The van der Waals surface area contributed by atoms with Gasteiger partial charge in [0.1, 0.15) is 5.82 Å². The fraction of sp³-hybridized carbons (Fsp3) is 0.100. The van der Waals surface area contributed by atoms with Crippen molar-refractivity contribution >= 4 is 11.8 Å². The van der Waals surface area contributed by atoms with Gasteiger partial charge in [-0.25, -0.2) is 9.37 Å². The van der Waals surface area contributed by atoms with Gasteiger partial charge < -0.3 is 4.74 Å². The number of halogens is 1. The number of hydrogen-bond donors (Lipinski definition) is 0. The molecule has 2 aromatic heterocycles. The van der Waals surface area contributed by atoms with Gasteiger partial charge in [-0.15, -0.1) is 10.2 Å². The van der Waals surface area contributed by atoms with Crippen LogP contribution >= 0.6 is 11.8 Å². The second-order valence-electron chi connectivity index (χ2n) is 5.84. The minimum absolute atomic E-state index is 0.349. The highest BCUT2D eigenvalue weighted by atomic mass is 32.2. The maximum Gasteiger partial charge on any atom is 0.217 e. The highest BCUT2D eigenvalue weighted by Crippen LogP contribution is 2.30. The molecule has 2 heterocycles. The van der Waals surface area contributed by atoms with E-state index in [9.17, 15) is 4.39 Å². The molecule has 4 rings (SSSR count). The smallest absolute Gasteiger partial charge is 0.217 e. The number of rotatable bonds is 6. The van der Waals surface area contributed by atoms with Crippen LogP contribution in [0.2, 0.25) is 0 Å². The zero-order chi connectivity index (χ0) is 19.3. The van der Waals surface area contributed by atoms with Crippen LogP contribution in [0.5, 0.6) is 5.88 Å². The molecule has 6 nitrogen and oxygen atoms in total. The normalized spacial score (nSPS) is 10.8. The molecule has 8 heteroatoms. The number of aromatic nitrogens is 5. The summed E-state index contributed by atoms with van der Waals surface area (Å²) in [5.74, 6) is 0.562. The largest absolute Gasteiger partial charge is 0.481 e. The summed E-state index contributed by atoms with van der Waals surface area (Å²) in [6.07, 6.45) is 1.61. The lowest BCUT2D eigenvalue weighted by Crippen LogP contribution is -2.05. The second kappa shape index (κ2) is 8.18. The van der Waals surface area contributed by atoms with E-state index in [2.05, 4.69) is 20.2 Å². The summed E-state index contributed by atoms with van der Waals surface area (Å²) in [5, 5.41) is 9.55. The van der Waals surface area contributed by atoms with Gasteiger partial charge in [-0.3, -0.25) is 4.57 Å². The van der Waals surface area contributed by atoms with Crippen LogP contribution in [-0.4, -0.2) is 31.8 Å². The molecule has 0 amide bonds. The fourth-order valence-corrected chi connectivity index (χ4v) is 3.44. The minimum atomic E-state index is -0.349. The van der Waals surface area contributed by atoms with E-state index in [1.807, 2.05) is 34.9 Å². The first-order valence-corrected chi connectivity index (χ1v) is 9.33. The molecule has 4 aromatic rings. The Hall–Kier alpha value is -3.26. The van der Waals surface area contributed by atoms with E-state index in [0.717, 1.165) is 5.56 Å². The van der Waals surface area contributed by atoms with Gasteiger partial charge in [0.05, 0.1) is 19.2 Å². The molecule has 0 atom stereocenters. The summed E-state index contributed by atoms with van der Waals surface area (Å²) >= 11 is 1.25. The second-order valence-corrected chi connectivity index (χ2v) is 6.78. The summed E-state index contributed by atoms with van der Waals surface area (Å²) < 4.78 is 21.4. The monoisotopic (exact) mass is 393 g/mol. The SMILES string of the molecule is COc1ccnc(Sc2nnc(-c3ccccc3F)n2Cc2ccccc2)n1. The standard InChI is InChI=1S/C20H16FN5OS/c1-27-17-11-12-22-19(23-17)28-20-25-24-18(15-9-5-6-10-16(15)21)26(20)13-14-7-3-2-4-8-14/h2-12H,13H2,1H3. The van der Waals surface area contributed by atoms with Gasteiger partial charge in [0, 0.05) is 12.3 Å². The molecular weight excluding hydrogens is 377 g/mol. The van der Waals surface area contributed by atoms with Gasteiger partial charge in [-0.2, -0.15) is 4.98 Å². The highest BCUT2D eigenvalue weighted by Gasteiger charge is 2.19. The Morgan fingerprint density at radius 2 is 1.79 bits per heavy atom. The molecular formula is C20H16FN5OS. The number of nitrogens with zero attached hydrogens (tertiary/aromatic N) is 5. The molecule has 0 bridgehead atoms. The Balaban J connectivity index is 1.76. The first-order chi connectivity index (χ1) is 13.7. The third kappa shape index (κ3) is 3.86. The number of hydrogen-bond acceptors (Lipinski definition) is 6. The first kappa shape index (κ1) is 18.1. The molecule has 0 aliphatic heterocycles. The van der Waals surface area contributed by atoms with E-state index < -0.39 is 0 Å². The molecule has 0 unspecified atom stereocenters. The predicted octanol–water partition coefficient (Wildman–Crippen LogP) is 4.08. The Labute approximate surface area is 165 Å². The van der Waals surface area contributed by atoms with Crippen LogP contribution < -0.4 is 4.74 Å². The third-order valence-electron chi connectivity index (χ3n) is 4.01. The van der Waals surface area contributed by atoms with Crippen LogP contribution in [-0.2, 0) is 6.54 Å². The Bertz CT molecular complexity index is 1090. The molecule has 0 saturated carbocycles. The van der Waals surface area contributed by atoms with E-state index >= 15 is 0 Å². The van der Waals surface area contributed by atoms with Crippen molar-refractivity contribution < 1.29 is 9.13 Å². The van der Waals surface area contributed by atoms with Crippen LogP contribution in [0.1, 0.15) is 5.56 Å². The van der Waals surface area contributed by atoms with Crippen molar-refractivity contribution in [2.24, 2.45) is 0 Å². The molecule has 0 fully saturated rings. The maximum atomic E-state index is 14.4. The summed E-state index contributed by atoms with van der Waals surface area (Å²) in [6.45, 7) is 0.490. The van der Waals surface area contributed by atoms with E-state index in [1.165, 1.54) is 17.8 Å². The molecule has 0 N–H and O–H groups in total. The van der Waals surface area contributed by atoms with Gasteiger partial charge in [0.15, 0.2) is 16.1 Å². The van der Waals surface area contributed by atoms with Gasteiger partial charge in [-0.1, -0.05) is 42.5 Å². The molecule has 0 radical (unpaired) electrons. The summed E-state index contributed by atoms with van der Waals surface area (Å²) in [6, 6.07) is 18.1.